The number of aryl methyl sites for hydroxylation is 1. The fourth-order valence-electron chi connectivity index (χ4n) is 2.09. The predicted molar refractivity (Wildman–Crippen MR) is 75.9 cm³/mol. The highest BCUT2D eigenvalue weighted by Gasteiger charge is 2.25. The van der Waals surface area contributed by atoms with Gasteiger partial charge < -0.3 is 14.7 Å². The zero-order chi connectivity index (χ0) is 15.5. The van der Waals surface area contributed by atoms with Crippen LogP contribution >= 0.6 is 0 Å². The van der Waals surface area contributed by atoms with Crippen LogP contribution in [0, 0.1) is 6.92 Å². The predicted octanol–water partition coefficient (Wildman–Crippen LogP) is -0.824. The highest BCUT2D eigenvalue weighted by atomic mass is 32.2. The van der Waals surface area contributed by atoms with Crippen molar-refractivity contribution >= 4 is 15.9 Å². The van der Waals surface area contributed by atoms with Crippen molar-refractivity contribution < 1.29 is 17.7 Å². The molecule has 0 unspecified atom stereocenters. The Balaban J connectivity index is 1.94. The summed E-state index contributed by atoms with van der Waals surface area (Å²) in [7, 11) is -2.18. The van der Waals surface area contributed by atoms with E-state index in [0.717, 1.165) is 17.4 Å². The van der Waals surface area contributed by atoms with Crippen molar-refractivity contribution in [3.05, 3.63) is 17.5 Å². The summed E-state index contributed by atoms with van der Waals surface area (Å²) in [6.45, 7) is 4.23. The molecule has 1 fully saturated rings. The third-order valence-electron chi connectivity index (χ3n) is 3.31. The van der Waals surface area contributed by atoms with Crippen LogP contribution in [-0.2, 0) is 20.6 Å². The van der Waals surface area contributed by atoms with Crippen molar-refractivity contribution in [1.29, 1.82) is 0 Å². The number of amides is 1. The van der Waals surface area contributed by atoms with Gasteiger partial charge in [-0.05, 0) is 6.92 Å². The van der Waals surface area contributed by atoms with E-state index in [1.807, 2.05) is 0 Å². The van der Waals surface area contributed by atoms with Crippen LogP contribution < -0.4 is 5.32 Å². The van der Waals surface area contributed by atoms with Crippen LogP contribution in [0.2, 0.25) is 0 Å². The number of likely N-dealkylation sites (N-methyl/N-ethyl adjacent to an activating group) is 1. The summed E-state index contributed by atoms with van der Waals surface area (Å²) in [4.78, 5) is 13.7. The first kappa shape index (κ1) is 15.9. The van der Waals surface area contributed by atoms with Gasteiger partial charge in [0.1, 0.15) is 17.2 Å². The Kier molecular flexibility index (Phi) is 4.96. The monoisotopic (exact) mass is 316 g/mol. The van der Waals surface area contributed by atoms with Gasteiger partial charge in [-0.15, -0.1) is 0 Å². The fraction of sp³-hybridized carbons (Fsp3) is 0.667. The lowest BCUT2D eigenvalue weighted by Gasteiger charge is -2.29. The molecule has 118 valence electrons. The standard InChI is InChI=1S/C12H20N4O4S/c1-10-7-11(14-20-10)9-21(18,19)15(2)8-12(17)16-5-3-13-4-6-16/h7,13H,3-6,8-9H2,1-2H3. The second-order valence-electron chi connectivity index (χ2n) is 5.07. The summed E-state index contributed by atoms with van der Waals surface area (Å²) in [5.74, 6) is 0.106. The quantitative estimate of drug-likeness (QED) is 0.762. The molecule has 0 bridgehead atoms. The Bertz CT molecular complexity index is 592. The first-order valence-corrected chi connectivity index (χ1v) is 8.34. The van der Waals surface area contributed by atoms with Crippen LogP contribution in [0.15, 0.2) is 10.6 Å². The second kappa shape index (κ2) is 6.54. The van der Waals surface area contributed by atoms with E-state index in [0.29, 0.717) is 24.5 Å². The van der Waals surface area contributed by atoms with Crippen molar-refractivity contribution in [2.75, 3.05) is 39.8 Å². The van der Waals surface area contributed by atoms with Crippen molar-refractivity contribution in [2.24, 2.45) is 0 Å². The van der Waals surface area contributed by atoms with E-state index in [2.05, 4.69) is 10.5 Å². The molecule has 0 aromatic carbocycles. The van der Waals surface area contributed by atoms with Gasteiger partial charge >= 0.3 is 0 Å². The first-order chi connectivity index (χ1) is 9.88. The average molecular weight is 316 g/mol. The molecule has 1 saturated heterocycles. The number of hydrogen-bond donors (Lipinski definition) is 1. The van der Waals surface area contributed by atoms with Gasteiger partial charge in [-0.1, -0.05) is 5.16 Å². The van der Waals surface area contributed by atoms with Gasteiger partial charge in [-0.3, -0.25) is 4.79 Å². The molecule has 1 N–H and O–H groups in total. The lowest BCUT2D eigenvalue weighted by molar-refractivity contribution is -0.131. The maximum atomic E-state index is 12.2. The average Bonchev–Trinajstić information content (AvgIpc) is 2.84. The molecule has 0 radical (unpaired) electrons. The summed E-state index contributed by atoms with van der Waals surface area (Å²) >= 11 is 0. The van der Waals surface area contributed by atoms with Crippen LogP contribution in [0.1, 0.15) is 11.5 Å². The van der Waals surface area contributed by atoms with Crippen LogP contribution in [0.25, 0.3) is 0 Å². The van der Waals surface area contributed by atoms with Gasteiger partial charge in [0.25, 0.3) is 0 Å². The largest absolute Gasteiger partial charge is 0.361 e. The number of carbonyl (C=O) groups excluding carboxylic acids is 1. The molecule has 8 nitrogen and oxygen atoms in total. The highest BCUT2D eigenvalue weighted by molar-refractivity contribution is 7.88. The number of rotatable bonds is 5. The molecule has 2 heterocycles. The second-order valence-corrected chi connectivity index (χ2v) is 7.15. The lowest BCUT2D eigenvalue weighted by atomic mass is 10.3. The van der Waals surface area contributed by atoms with E-state index in [-0.39, 0.29) is 18.2 Å². The summed E-state index contributed by atoms with van der Waals surface area (Å²) in [6.07, 6.45) is 0. The normalized spacial score (nSPS) is 16.4. The minimum Gasteiger partial charge on any atom is -0.361 e. The third-order valence-corrected chi connectivity index (χ3v) is 5.05. The zero-order valence-corrected chi connectivity index (χ0v) is 13.0. The Morgan fingerprint density at radius 3 is 2.71 bits per heavy atom. The number of nitrogens with zero attached hydrogens (tertiary/aromatic N) is 3. The van der Waals surface area contributed by atoms with E-state index in [9.17, 15) is 13.2 Å². The number of sulfonamides is 1. The van der Waals surface area contributed by atoms with Gasteiger partial charge in [-0.25, -0.2) is 8.42 Å². The Labute approximate surface area is 124 Å². The number of piperazine rings is 1. The molecule has 21 heavy (non-hydrogen) atoms. The minimum atomic E-state index is -3.59. The zero-order valence-electron chi connectivity index (χ0n) is 12.2. The smallest absolute Gasteiger partial charge is 0.237 e. The van der Waals surface area contributed by atoms with Crippen molar-refractivity contribution in [1.82, 2.24) is 19.7 Å². The molecule has 1 aromatic heterocycles. The number of nitrogens with one attached hydrogen (secondary N) is 1. The maximum absolute atomic E-state index is 12.2. The number of aromatic nitrogens is 1. The Morgan fingerprint density at radius 1 is 1.48 bits per heavy atom. The van der Waals surface area contributed by atoms with Crippen molar-refractivity contribution in [2.45, 2.75) is 12.7 Å². The molecule has 0 atom stereocenters. The molecule has 2 rings (SSSR count). The Hall–Kier alpha value is -1.45. The minimum absolute atomic E-state index is 0.154. The Morgan fingerprint density at radius 2 is 2.14 bits per heavy atom. The summed E-state index contributed by atoms with van der Waals surface area (Å²) in [6, 6.07) is 1.57. The SMILES string of the molecule is Cc1cc(CS(=O)(=O)N(C)CC(=O)N2CCNCC2)no1. The van der Waals surface area contributed by atoms with E-state index in [4.69, 9.17) is 4.52 Å². The molecular formula is C12H20N4O4S. The third kappa shape index (κ3) is 4.26. The molecule has 0 aliphatic carbocycles. The maximum Gasteiger partial charge on any atom is 0.237 e. The number of carbonyl (C=O) groups is 1. The van der Waals surface area contributed by atoms with E-state index >= 15 is 0 Å². The van der Waals surface area contributed by atoms with Crippen LogP contribution in [0.4, 0.5) is 0 Å². The van der Waals surface area contributed by atoms with Crippen molar-refractivity contribution in [3.8, 4) is 0 Å². The molecule has 1 aliphatic rings. The topological polar surface area (TPSA) is 95.8 Å². The summed E-state index contributed by atoms with van der Waals surface area (Å²) < 4.78 is 30.3. The molecule has 0 spiro atoms. The fourth-order valence-corrected chi connectivity index (χ4v) is 3.12. The summed E-state index contributed by atoms with van der Waals surface area (Å²) in [5, 5.41) is 6.81. The highest BCUT2D eigenvalue weighted by Crippen LogP contribution is 2.10. The molecule has 1 aliphatic heterocycles. The molecule has 1 aromatic rings. The van der Waals surface area contributed by atoms with Gasteiger partial charge in [0, 0.05) is 39.3 Å². The molecule has 0 saturated carbocycles. The molecule has 9 heteroatoms. The summed E-state index contributed by atoms with van der Waals surface area (Å²) in [5.41, 5.74) is 0.342. The van der Waals surface area contributed by atoms with Gasteiger partial charge in [-0.2, -0.15) is 4.31 Å². The van der Waals surface area contributed by atoms with Crippen molar-refractivity contribution in [3.63, 3.8) is 0 Å². The number of hydrogen-bond acceptors (Lipinski definition) is 6. The van der Waals surface area contributed by atoms with Gasteiger partial charge in [0.2, 0.25) is 15.9 Å². The van der Waals surface area contributed by atoms with Crippen LogP contribution in [0.3, 0.4) is 0 Å². The van der Waals surface area contributed by atoms with Crippen LogP contribution in [0.5, 0.6) is 0 Å². The lowest BCUT2D eigenvalue weighted by Crippen LogP contribution is -2.49. The first-order valence-electron chi connectivity index (χ1n) is 6.73. The molecular weight excluding hydrogens is 296 g/mol. The van der Waals surface area contributed by atoms with E-state index < -0.39 is 10.0 Å². The van der Waals surface area contributed by atoms with Gasteiger partial charge in [0.15, 0.2) is 0 Å². The molecule has 1 amide bonds. The van der Waals surface area contributed by atoms with E-state index in [1.165, 1.54) is 7.05 Å². The van der Waals surface area contributed by atoms with Gasteiger partial charge in [0.05, 0.1) is 6.54 Å². The van der Waals surface area contributed by atoms with E-state index in [1.54, 1.807) is 17.9 Å². The van der Waals surface area contributed by atoms with Crippen LogP contribution in [-0.4, -0.2) is 68.5 Å².